The fraction of sp³-hybridized carbons (Fsp3) is 0.381. The quantitative estimate of drug-likeness (QED) is 0.757. The van der Waals surface area contributed by atoms with Crippen LogP contribution in [-0.4, -0.2) is 32.3 Å². The predicted molar refractivity (Wildman–Crippen MR) is 104 cm³/mol. The smallest absolute Gasteiger partial charge is 0.316 e. The van der Waals surface area contributed by atoms with Gasteiger partial charge in [-0.05, 0) is 67.9 Å². The molecule has 138 valence electrons. The number of urea groups is 1. The van der Waals surface area contributed by atoms with Crippen molar-refractivity contribution in [2.24, 2.45) is 0 Å². The van der Waals surface area contributed by atoms with Crippen LogP contribution in [0.15, 0.2) is 42.6 Å². The summed E-state index contributed by atoms with van der Waals surface area (Å²) >= 11 is 0. The highest BCUT2D eigenvalue weighted by molar-refractivity contribution is 5.90. The molecular formula is C21H23N5O. The van der Waals surface area contributed by atoms with Crippen LogP contribution in [0.5, 0.6) is 0 Å². The number of anilines is 1. The van der Waals surface area contributed by atoms with E-state index in [0.717, 1.165) is 41.8 Å². The maximum Gasteiger partial charge on any atom is 0.322 e. The third kappa shape index (κ3) is 3.05. The van der Waals surface area contributed by atoms with Crippen molar-refractivity contribution in [3.05, 3.63) is 59.4 Å². The van der Waals surface area contributed by atoms with E-state index in [9.17, 15) is 4.79 Å². The van der Waals surface area contributed by atoms with Crippen molar-refractivity contribution in [3.8, 4) is 0 Å². The minimum atomic E-state index is -0.0705. The van der Waals surface area contributed by atoms with E-state index in [1.807, 2.05) is 40.6 Å². The second kappa shape index (κ2) is 6.37. The van der Waals surface area contributed by atoms with Crippen molar-refractivity contribution in [3.63, 3.8) is 0 Å². The van der Waals surface area contributed by atoms with E-state index >= 15 is 0 Å². The van der Waals surface area contributed by atoms with Crippen LogP contribution in [0.1, 0.15) is 54.5 Å². The zero-order valence-corrected chi connectivity index (χ0v) is 15.4. The Bertz CT molecular complexity index is 1010. The molecule has 1 atom stereocenters. The Balaban J connectivity index is 1.40. The Hall–Kier alpha value is -2.89. The van der Waals surface area contributed by atoms with Crippen LogP contribution >= 0.6 is 0 Å². The number of nitrogens with one attached hydrogen (secondary N) is 1. The summed E-state index contributed by atoms with van der Waals surface area (Å²) < 4.78 is 1.87. The number of pyridine rings is 1. The Kier molecular flexibility index (Phi) is 3.85. The van der Waals surface area contributed by atoms with Gasteiger partial charge in [-0.15, -0.1) is 5.10 Å². The molecule has 2 aromatic heterocycles. The zero-order valence-electron chi connectivity index (χ0n) is 15.4. The third-order valence-corrected chi connectivity index (χ3v) is 5.61. The number of hydrogen-bond donors (Lipinski definition) is 1. The summed E-state index contributed by atoms with van der Waals surface area (Å²) in [5.41, 5.74) is 5.18. The summed E-state index contributed by atoms with van der Waals surface area (Å²) in [6, 6.07) is 12.1. The third-order valence-electron chi connectivity index (χ3n) is 5.61. The monoisotopic (exact) mass is 361 g/mol. The molecule has 3 heterocycles. The second-order valence-electron chi connectivity index (χ2n) is 7.69. The standard InChI is InChI=1S/C21H23N5O/c1-14-4-2-5-17(12-14)22-21(27)25-11-3-6-18(25)20-19-10-9-16(15-7-8-15)13-26(19)24-23-20/h2,4-5,9-10,12-13,15,18H,3,6-8,11H2,1H3,(H,22,27)/t18-/m0/s1. The molecule has 1 aliphatic carbocycles. The van der Waals surface area contributed by atoms with Crippen LogP contribution in [0.4, 0.5) is 10.5 Å². The first-order valence-corrected chi connectivity index (χ1v) is 9.68. The number of carbonyl (C=O) groups is 1. The Morgan fingerprint density at radius 2 is 2.07 bits per heavy atom. The molecule has 3 aromatic rings. The van der Waals surface area contributed by atoms with Gasteiger partial charge in [-0.1, -0.05) is 23.4 Å². The number of fused-ring (bicyclic) bond motifs is 1. The van der Waals surface area contributed by atoms with Gasteiger partial charge in [0.1, 0.15) is 5.69 Å². The van der Waals surface area contributed by atoms with E-state index in [1.54, 1.807) is 0 Å². The summed E-state index contributed by atoms with van der Waals surface area (Å²) in [5, 5.41) is 11.8. The Labute approximate surface area is 158 Å². The number of nitrogens with zero attached hydrogens (tertiary/aromatic N) is 4. The molecule has 2 fully saturated rings. The number of rotatable bonds is 3. The molecule has 1 saturated carbocycles. The van der Waals surface area contributed by atoms with E-state index in [2.05, 4.69) is 34.0 Å². The summed E-state index contributed by atoms with van der Waals surface area (Å²) in [7, 11) is 0. The van der Waals surface area contributed by atoms with Gasteiger partial charge in [-0.3, -0.25) is 0 Å². The van der Waals surface area contributed by atoms with Gasteiger partial charge in [0.2, 0.25) is 0 Å². The molecular weight excluding hydrogens is 338 g/mol. The molecule has 1 aromatic carbocycles. The number of aryl methyl sites for hydroxylation is 1. The highest BCUT2D eigenvalue weighted by atomic mass is 16.2. The first kappa shape index (κ1) is 16.3. The fourth-order valence-electron chi connectivity index (χ4n) is 4.04. The van der Waals surface area contributed by atoms with Crippen LogP contribution in [0.2, 0.25) is 0 Å². The van der Waals surface area contributed by atoms with Crippen molar-refractivity contribution < 1.29 is 4.79 Å². The molecule has 6 nitrogen and oxygen atoms in total. The lowest BCUT2D eigenvalue weighted by Crippen LogP contribution is -2.34. The first-order chi connectivity index (χ1) is 13.2. The second-order valence-corrected chi connectivity index (χ2v) is 7.69. The number of carbonyl (C=O) groups excluding carboxylic acids is 1. The maximum absolute atomic E-state index is 12.9. The van der Waals surface area contributed by atoms with E-state index in [-0.39, 0.29) is 12.1 Å². The molecule has 1 N–H and O–H groups in total. The molecule has 1 aliphatic heterocycles. The van der Waals surface area contributed by atoms with Crippen molar-refractivity contribution >= 4 is 17.2 Å². The van der Waals surface area contributed by atoms with Gasteiger partial charge in [-0.25, -0.2) is 9.31 Å². The maximum atomic E-state index is 12.9. The normalized spacial score (nSPS) is 19.6. The molecule has 2 aliphatic rings. The van der Waals surface area contributed by atoms with E-state index < -0.39 is 0 Å². The SMILES string of the molecule is Cc1cccc(NC(=O)N2CCC[C@H]2c2nnn3cc(C4CC4)ccc23)c1. The average Bonchev–Trinajstić information content (AvgIpc) is 3.24. The average molecular weight is 361 g/mol. The highest BCUT2D eigenvalue weighted by Gasteiger charge is 2.33. The molecule has 27 heavy (non-hydrogen) atoms. The molecule has 0 radical (unpaired) electrons. The van der Waals surface area contributed by atoms with Crippen LogP contribution in [0, 0.1) is 6.92 Å². The molecule has 0 bridgehead atoms. The van der Waals surface area contributed by atoms with Gasteiger partial charge in [0.15, 0.2) is 0 Å². The van der Waals surface area contributed by atoms with Crippen molar-refractivity contribution in [2.45, 2.75) is 44.6 Å². The van der Waals surface area contributed by atoms with Gasteiger partial charge < -0.3 is 10.2 Å². The molecule has 1 saturated heterocycles. The lowest BCUT2D eigenvalue weighted by atomic mass is 10.1. The van der Waals surface area contributed by atoms with Crippen molar-refractivity contribution in [2.75, 3.05) is 11.9 Å². The van der Waals surface area contributed by atoms with Crippen LogP contribution in [0.3, 0.4) is 0 Å². The summed E-state index contributed by atoms with van der Waals surface area (Å²) in [6.45, 7) is 2.76. The molecule has 0 spiro atoms. The van der Waals surface area contributed by atoms with Crippen LogP contribution < -0.4 is 5.32 Å². The summed E-state index contributed by atoms with van der Waals surface area (Å²) in [5.74, 6) is 0.685. The number of aromatic nitrogens is 3. The molecule has 5 rings (SSSR count). The lowest BCUT2D eigenvalue weighted by Gasteiger charge is -2.23. The number of likely N-dealkylation sites (tertiary alicyclic amines) is 1. The molecule has 0 unspecified atom stereocenters. The van der Waals surface area contributed by atoms with Gasteiger partial charge in [0.05, 0.1) is 11.6 Å². The largest absolute Gasteiger partial charge is 0.322 e. The minimum Gasteiger partial charge on any atom is -0.316 e. The Morgan fingerprint density at radius 1 is 1.19 bits per heavy atom. The Morgan fingerprint density at radius 3 is 2.89 bits per heavy atom. The number of benzene rings is 1. The van der Waals surface area contributed by atoms with Gasteiger partial charge >= 0.3 is 6.03 Å². The topological polar surface area (TPSA) is 62.5 Å². The van der Waals surface area contributed by atoms with E-state index in [4.69, 9.17) is 0 Å². The number of hydrogen-bond acceptors (Lipinski definition) is 3. The minimum absolute atomic E-state index is 0.0286. The van der Waals surface area contributed by atoms with Crippen LogP contribution in [0.25, 0.3) is 5.52 Å². The first-order valence-electron chi connectivity index (χ1n) is 9.68. The van der Waals surface area contributed by atoms with E-state index in [0.29, 0.717) is 5.92 Å². The van der Waals surface area contributed by atoms with Crippen molar-refractivity contribution in [1.29, 1.82) is 0 Å². The fourth-order valence-corrected chi connectivity index (χ4v) is 4.04. The highest BCUT2D eigenvalue weighted by Crippen LogP contribution is 2.40. The van der Waals surface area contributed by atoms with Gasteiger partial charge in [-0.2, -0.15) is 0 Å². The number of amides is 2. The summed E-state index contributed by atoms with van der Waals surface area (Å²) in [6.07, 6.45) is 6.52. The van der Waals surface area contributed by atoms with E-state index in [1.165, 1.54) is 18.4 Å². The molecule has 2 amide bonds. The van der Waals surface area contributed by atoms with Gasteiger partial charge in [0.25, 0.3) is 0 Å². The van der Waals surface area contributed by atoms with Crippen molar-refractivity contribution in [1.82, 2.24) is 19.7 Å². The zero-order chi connectivity index (χ0) is 18.4. The molecule has 6 heteroatoms. The van der Waals surface area contributed by atoms with Gasteiger partial charge in [0, 0.05) is 18.4 Å². The lowest BCUT2D eigenvalue weighted by molar-refractivity contribution is 0.206. The summed E-state index contributed by atoms with van der Waals surface area (Å²) in [4.78, 5) is 14.8. The van der Waals surface area contributed by atoms with Crippen LogP contribution in [-0.2, 0) is 0 Å². The predicted octanol–water partition coefficient (Wildman–Crippen LogP) is 4.28.